The van der Waals surface area contributed by atoms with Gasteiger partial charge in [0.2, 0.25) is 0 Å². The molecule has 0 atom stereocenters. The van der Waals surface area contributed by atoms with Crippen LogP contribution >= 0.6 is 41.2 Å². The van der Waals surface area contributed by atoms with Crippen molar-refractivity contribution in [3.63, 3.8) is 0 Å². The van der Waals surface area contributed by atoms with E-state index in [1.807, 2.05) is 22.7 Å². The maximum atomic E-state index is 15.2. The fraction of sp³-hybridized carbons (Fsp3) is 0.231. The molecule has 2 aromatic carbocycles. The molecule has 0 fully saturated rings. The number of aryl methyl sites for hydroxylation is 1. The van der Waals surface area contributed by atoms with Crippen molar-refractivity contribution in [3.8, 4) is 9.75 Å². The van der Waals surface area contributed by atoms with E-state index in [2.05, 4.69) is 67.6 Å². The Morgan fingerprint density at radius 3 is 1.94 bits per heavy atom. The highest BCUT2D eigenvalue weighted by Gasteiger charge is 2.46. The summed E-state index contributed by atoms with van der Waals surface area (Å²) in [6.07, 6.45) is 6.15. The summed E-state index contributed by atoms with van der Waals surface area (Å²) in [6.45, 7) is 2.25. The lowest BCUT2D eigenvalue weighted by Crippen LogP contribution is -2.18. The van der Waals surface area contributed by atoms with Gasteiger partial charge in [-0.25, -0.2) is 0 Å². The predicted octanol–water partition coefficient (Wildman–Crippen LogP) is 7.92. The summed E-state index contributed by atoms with van der Waals surface area (Å²) in [5.74, 6) is 0. The summed E-state index contributed by atoms with van der Waals surface area (Å²) >= 11 is 5.40. The molecular formula is C26H23OPS3. The zero-order chi connectivity index (χ0) is 21.0. The number of unbranched alkanes of at least 4 members (excludes halogenated alkanes) is 3. The average Bonchev–Trinajstić information content (AvgIpc) is 3.54. The molecule has 0 amide bonds. The topological polar surface area (TPSA) is 17.1 Å². The molecule has 0 saturated heterocycles. The third-order valence-corrected chi connectivity index (χ3v) is 14.0. The van der Waals surface area contributed by atoms with Crippen LogP contribution in [0.3, 0.4) is 0 Å². The Labute approximate surface area is 194 Å². The highest BCUT2D eigenvalue weighted by atomic mass is 32.1. The van der Waals surface area contributed by atoms with E-state index in [1.165, 1.54) is 60.5 Å². The van der Waals surface area contributed by atoms with E-state index in [4.69, 9.17) is 0 Å². The number of rotatable bonds is 6. The lowest BCUT2D eigenvalue weighted by molar-refractivity contribution is 0.593. The van der Waals surface area contributed by atoms with Gasteiger partial charge in [0.25, 0.3) is 0 Å². The van der Waals surface area contributed by atoms with Gasteiger partial charge in [0.1, 0.15) is 0 Å². The van der Waals surface area contributed by atoms with Crippen LogP contribution in [0.15, 0.2) is 60.7 Å². The van der Waals surface area contributed by atoms with E-state index >= 15 is 4.57 Å². The molecule has 1 aliphatic rings. The van der Waals surface area contributed by atoms with Gasteiger partial charge in [0.05, 0.1) is 14.4 Å². The smallest absolute Gasteiger partial charge is 0.184 e. The maximum absolute atomic E-state index is 15.2. The molecule has 5 aromatic rings. The minimum atomic E-state index is -2.88. The second kappa shape index (κ2) is 7.71. The molecule has 0 spiro atoms. The van der Waals surface area contributed by atoms with Crippen LogP contribution in [0.1, 0.15) is 37.5 Å². The van der Waals surface area contributed by atoms with Gasteiger partial charge in [-0.15, -0.1) is 34.0 Å². The zero-order valence-corrected chi connectivity index (χ0v) is 20.7. The van der Waals surface area contributed by atoms with Crippen LogP contribution in [0.4, 0.5) is 0 Å². The first-order valence-electron chi connectivity index (χ1n) is 11.0. The lowest BCUT2D eigenvalue weighted by atomic mass is 10.1. The Morgan fingerprint density at radius 1 is 0.710 bits per heavy atom. The van der Waals surface area contributed by atoms with E-state index in [0.29, 0.717) is 0 Å². The molecule has 0 N–H and O–H groups in total. The van der Waals surface area contributed by atoms with Gasteiger partial charge in [0, 0.05) is 35.7 Å². The van der Waals surface area contributed by atoms with Gasteiger partial charge in [-0.2, -0.15) is 0 Å². The van der Waals surface area contributed by atoms with E-state index in [0.717, 1.165) is 21.6 Å². The summed E-state index contributed by atoms with van der Waals surface area (Å²) in [5.41, 5.74) is 0. The van der Waals surface area contributed by atoms with Crippen molar-refractivity contribution in [3.05, 3.63) is 65.5 Å². The molecule has 0 radical (unpaired) electrons. The minimum absolute atomic E-state index is 1.06. The van der Waals surface area contributed by atoms with Crippen molar-refractivity contribution in [2.75, 3.05) is 0 Å². The summed E-state index contributed by atoms with van der Waals surface area (Å²) in [5, 5.41) is 4.55. The van der Waals surface area contributed by atoms with Crippen LogP contribution in [-0.4, -0.2) is 0 Å². The van der Waals surface area contributed by atoms with E-state index < -0.39 is 7.14 Å². The van der Waals surface area contributed by atoms with Crippen molar-refractivity contribution < 1.29 is 4.57 Å². The van der Waals surface area contributed by atoms with Gasteiger partial charge < -0.3 is 4.57 Å². The molecule has 0 bridgehead atoms. The Bertz CT molecular complexity index is 1380. The normalized spacial score (nSPS) is 14.4. The van der Waals surface area contributed by atoms with Crippen LogP contribution < -0.4 is 15.2 Å². The van der Waals surface area contributed by atoms with Crippen molar-refractivity contribution in [2.45, 2.75) is 39.0 Å². The third kappa shape index (κ3) is 2.96. The highest BCUT2D eigenvalue weighted by Crippen LogP contribution is 2.60. The molecular weight excluding hydrogens is 455 g/mol. The first-order valence-corrected chi connectivity index (χ1v) is 15.1. The van der Waals surface area contributed by atoms with Gasteiger partial charge in [-0.3, -0.25) is 0 Å². The first kappa shape index (κ1) is 19.9. The summed E-state index contributed by atoms with van der Waals surface area (Å²) in [4.78, 5) is 3.84. The fourth-order valence-electron chi connectivity index (χ4n) is 4.73. The molecule has 4 heterocycles. The molecule has 1 nitrogen and oxygen atoms in total. The molecule has 0 aliphatic carbocycles. The van der Waals surface area contributed by atoms with Crippen molar-refractivity contribution >= 4 is 76.6 Å². The van der Waals surface area contributed by atoms with Gasteiger partial charge in [0.15, 0.2) is 7.14 Å². The van der Waals surface area contributed by atoms with Crippen LogP contribution in [0.5, 0.6) is 0 Å². The average molecular weight is 479 g/mol. The Balaban J connectivity index is 1.56. The second-order valence-corrected chi connectivity index (χ2v) is 14.4. The number of fused-ring (bicyclic) bond motifs is 7. The Hall–Kier alpha value is -1.71. The van der Waals surface area contributed by atoms with Crippen LogP contribution in [0.25, 0.3) is 29.9 Å². The summed E-state index contributed by atoms with van der Waals surface area (Å²) < 4.78 is 18.8. The molecule has 5 heteroatoms. The number of hydrogen-bond acceptors (Lipinski definition) is 4. The van der Waals surface area contributed by atoms with Gasteiger partial charge in [-0.05, 0) is 37.1 Å². The molecule has 0 unspecified atom stereocenters. The van der Waals surface area contributed by atoms with Crippen LogP contribution in [0, 0.1) is 0 Å². The van der Waals surface area contributed by atoms with Crippen LogP contribution in [0.2, 0.25) is 0 Å². The van der Waals surface area contributed by atoms with E-state index in [9.17, 15) is 0 Å². The van der Waals surface area contributed by atoms with E-state index in [-0.39, 0.29) is 0 Å². The van der Waals surface area contributed by atoms with Crippen molar-refractivity contribution in [1.29, 1.82) is 0 Å². The van der Waals surface area contributed by atoms with Gasteiger partial charge in [-0.1, -0.05) is 62.6 Å². The third-order valence-electron chi connectivity index (χ3n) is 6.21. The minimum Gasteiger partial charge on any atom is -0.308 e. The first-order chi connectivity index (χ1) is 15.2. The number of benzene rings is 2. The van der Waals surface area contributed by atoms with Crippen molar-refractivity contribution in [2.24, 2.45) is 0 Å². The summed E-state index contributed by atoms with van der Waals surface area (Å²) in [6, 6.07) is 21.4. The number of hydrogen-bond donors (Lipinski definition) is 0. The maximum Gasteiger partial charge on any atom is 0.184 e. The Kier molecular flexibility index (Phi) is 4.96. The quantitative estimate of drug-likeness (QED) is 0.175. The largest absolute Gasteiger partial charge is 0.308 e. The molecule has 1 aliphatic heterocycles. The molecule has 0 saturated carbocycles. The van der Waals surface area contributed by atoms with Gasteiger partial charge >= 0.3 is 0 Å². The monoisotopic (exact) mass is 478 g/mol. The fourth-order valence-corrected chi connectivity index (χ4v) is 13.4. The van der Waals surface area contributed by atoms with E-state index in [1.54, 1.807) is 11.3 Å². The standard InChI is InChI=1S/C26H23OPS3/c1-2-3-4-5-10-17-15-16-22(29-17)28(27)23-18-11-6-8-13-20(18)30-25(23)26-24(28)19-12-7-9-14-21(19)31-26/h6-9,11-16H,2-5,10H2,1H3. The SMILES string of the molecule is CCCCCCc1ccc(P2(=O)c3c(sc4ccccc34)-c3sc4ccccc4c32)s1. The number of thiophene rings is 3. The lowest BCUT2D eigenvalue weighted by Gasteiger charge is -2.13. The molecule has 3 aromatic heterocycles. The zero-order valence-electron chi connectivity index (χ0n) is 17.4. The Morgan fingerprint density at radius 2 is 1.32 bits per heavy atom. The molecule has 156 valence electrons. The molecule has 6 rings (SSSR count). The second-order valence-electron chi connectivity index (χ2n) is 8.21. The van der Waals surface area contributed by atoms with Crippen LogP contribution in [-0.2, 0) is 11.0 Å². The predicted molar refractivity (Wildman–Crippen MR) is 141 cm³/mol. The van der Waals surface area contributed by atoms with Crippen molar-refractivity contribution in [1.82, 2.24) is 0 Å². The summed E-state index contributed by atoms with van der Waals surface area (Å²) in [7, 11) is -2.88. The highest BCUT2D eigenvalue weighted by molar-refractivity contribution is 7.92. The molecule has 31 heavy (non-hydrogen) atoms.